The lowest BCUT2D eigenvalue weighted by atomic mass is 9.77. The van der Waals surface area contributed by atoms with E-state index in [-0.39, 0.29) is 18.2 Å². The average molecular weight is 404 g/mol. The number of hydrogen-bond donors (Lipinski definition) is 1. The minimum absolute atomic E-state index is 0.0213. The third-order valence-electron chi connectivity index (χ3n) is 6.96. The highest BCUT2D eigenvalue weighted by Crippen LogP contribution is 2.44. The topological polar surface area (TPSA) is 58.4 Å². The van der Waals surface area contributed by atoms with Crippen molar-refractivity contribution in [3.8, 4) is 0 Å². The van der Waals surface area contributed by atoms with Crippen LogP contribution in [0.15, 0.2) is 47.3 Å². The zero-order chi connectivity index (χ0) is 20.8. The second-order valence-electron chi connectivity index (χ2n) is 8.89. The molecule has 1 saturated heterocycles. The zero-order valence-electron chi connectivity index (χ0n) is 17.7. The number of pyridine rings is 2. The number of anilines is 1. The number of aromatic nitrogens is 2. The van der Waals surface area contributed by atoms with E-state index in [4.69, 9.17) is 4.98 Å². The normalized spacial score (nSPS) is 22.9. The minimum atomic E-state index is -0.0213. The molecule has 4 heterocycles. The Hall–Kier alpha value is -2.66. The van der Waals surface area contributed by atoms with E-state index >= 15 is 0 Å². The van der Waals surface area contributed by atoms with Crippen LogP contribution in [-0.4, -0.2) is 27.7 Å². The van der Waals surface area contributed by atoms with Crippen molar-refractivity contribution >= 4 is 16.7 Å². The van der Waals surface area contributed by atoms with E-state index in [1.165, 1.54) is 0 Å². The summed E-state index contributed by atoms with van der Waals surface area (Å²) < 4.78 is 2.07. The van der Waals surface area contributed by atoms with Gasteiger partial charge in [-0.3, -0.25) is 4.79 Å². The summed E-state index contributed by atoms with van der Waals surface area (Å²) in [5.74, 6) is 1.62. The molecule has 5 nitrogen and oxygen atoms in total. The smallest absolute Gasteiger partial charge is 0.250 e. The van der Waals surface area contributed by atoms with Crippen LogP contribution in [0.2, 0.25) is 0 Å². The van der Waals surface area contributed by atoms with Crippen LogP contribution in [0.25, 0.3) is 10.9 Å². The number of benzene rings is 1. The van der Waals surface area contributed by atoms with Gasteiger partial charge in [0, 0.05) is 47.8 Å². The molecule has 0 aliphatic carbocycles. The van der Waals surface area contributed by atoms with E-state index in [9.17, 15) is 9.90 Å². The Kier molecular flexibility index (Phi) is 4.86. The van der Waals surface area contributed by atoms with E-state index in [1.807, 2.05) is 12.1 Å². The van der Waals surface area contributed by atoms with Crippen LogP contribution in [0.4, 0.5) is 5.82 Å². The Morgan fingerprint density at radius 3 is 2.80 bits per heavy atom. The second-order valence-corrected chi connectivity index (χ2v) is 8.89. The Morgan fingerprint density at radius 1 is 1.17 bits per heavy atom. The fourth-order valence-electron chi connectivity index (χ4n) is 5.65. The highest BCUT2D eigenvalue weighted by Gasteiger charge is 2.40. The predicted octanol–water partition coefficient (Wildman–Crippen LogP) is 4.16. The Labute approximate surface area is 177 Å². The second kappa shape index (κ2) is 7.55. The summed E-state index contributed by atoms with van der Waals surface area (Å²) >= 11 is 0. The number of aliphatic hydroxyl groups excluding tert-OH is 1. The van der Waals surface area contributed by atoms with Crippen LogP contribution in [0, 0.1) is 12.8 Å². The van der Waals surface area contributed by atoms with E-state index in [0.717, 1.165) is 65.9 Å². The monoisotopic (exact) mass is 403 g/mol. The molecule has 156 valence electrons. The maximum Gasteiger partial charge on any atom is 0.250 e. The molecule has 0 spiro atoms. The van der Waals surface area contributed by atoms with Gasteiger partial charge in [-0.2, -0.15) is 0 Å². The van der Waals surface area contributed by atoms with Gasteiger partial charge in [0.1, 0.15) is 5.82 Å². The van der Waals surface area contributed by atoms with Gasteiger partial charge in [0.05, 0.1) is 12.1 Å². The molecule has 0 radical (unpaired) electrons. The average Bonchev–Trinajstić information content (AvgIpc) is 2.76. The summed E-state index contributed by atoms with van der Waals surface area (Å²) in [5, 5.41) is 11.2. The molecule has 5 heteroatoms. The predicted molar refractivity (Wildman–Crippen MR) is 120 cm³/mol. The first-order valence-corrected chi connectivity index (χ1v) is 11.1. The molecule has 2 aliphatic rings. The van der Waals surface area contributed by atoms with E-state index < -0.39 is 0 Å². The highest BCUT2D eigenvalue weighted by atomic mass is 16.3. The van der Waals surface area contributed by atoms with Gasteiger partial charge in [-0.15, -0.1) is 0 Å². The number of fused-ring (bicyclic) bond motifs is 5. The molecule has 2 aromatic heterocycles. The van der Waals surface area contributed by atoms with Crippen molar-refractivity contribution in [2.75, 3.05) is 18.0 Å². The third-order valence-corrected chi connectivity index (χ3v) is 6.96. The molecule has 2 bridgehead atoms. The van der Waals surface area contributed by atoms with Crippen molar-refractivity contribution in [3.63, 3.8) is 0 Å². The molecule has 30 heavy (non-hydrogen) atoms. The number of rotatable bonds is 4. The lowest BCUT2D eigenvalue weighted by Crippen LogP contribution is -2.50. The molecule has 0 amide bonds. The number of aryl methyl sites for hydroxylation is 1. The maximum absolute atomic E-state index is 12.7. The molecule has 2 aliphatic heterocycles. The molecule has 1 N–H and O–H groups in total. The van der Waals surface area contributed by atoms with Gasteiger partial charge in [-0.1, -0.05) is 37.6 Å². The molecule has 3 aromatic rings. The summed E-state index contributed by atoms with van der Waals surface area (Å²) in [7, 11) is 0. The third kappa shape index (κ3) is 3.03. The first-order chi connectivity index (χ1) is 14.6. The SMILES string of the molecule is CCC[C@H]1[C@H]2C[C@H](CN(c3nc4c(C)cccc4cc3CO)C2)c2cccc(=O)n21. The number of piperidine rings is 1. The molecular formula is C25H29N3O2. The number of hydrogen-bond acceptors (Lipinski definition) is 4. The van der Waals surface area contributed by atoms with Crippen LogP contribution in [0.5, 0.6) is 0 Å². The van der Waals surface area contributed by atoms with E-state index in [0.29, 0.717) is 11.8 Å². The van der Waals surface area contributed by atoms with Gasteiger partial charge in [0.15, 0.2) is 0 Å². The number of aliphatic hydroxyl groups is 1. The van der Waals surface area contributed by atoms with Crippen molar-refractivity contribution < 1.29 is 5.11 Å². The summed E-state index contributed by atoms with van der Waals surface area (Å²) in [6, 6.07) is 14.2. The molecule has 3 atom stereocenters. The fraction of sp³-hybridized carbons (Fsp3) is 0.440. The molecule has 0 unspecified atom stereocenters. The van der Waals surface area contributed by atoms with Crippen molar-refractivity contribution in [2.24, 2.45) is 5.92 Å². The number of para-hydroxylation sites is 1. The summed E-state index contributed by atoms with van der Waals surface area (Å²) in [5.41, 5.74) is 4.32. The van der Waals surface area contributed by atoms with Gasteiger partial charge >= 0.3 is 0 Å². The van der Waals surface area contributed by atoms with Crippen LogP contribution >= 0.6 is 0 Å². The fourth-order valence-corrected chi connectivity index (χ4v) is 5.65. The summed E-state index contributed by atoms with van der Waals surface area (Å²) in [4.78, 5) is 20.1. The first kappa shape index (κ1) is 19.3. The molecular weight excluding hydrogens is 374 g/mol. The Balaban J connectivity index is 1.60. The van der Waals surface area contributed by atoms with Gasteiger partial charge in [-0.05, 0) is 43.4 Å². The Bertz CT molecular complexity index is 1150. The molecule has 1 fully saturated rings. The van der Waals surface area contributed by atoms with Gasteiger partial charge < -0.3 is 14.6 Å². The van der Waals surface area contributed by atoms with E-state index in [1.54, 1.807) is 6.07 Å². The number of nitrogens with zero attached hydrogens (tertiary/aromatic N) is 3. The standard InChI is InChI=1S/C25H29N3O2/c1-3-6-21-18-12-19(22-9-5-10-23(30)28(21)22)14-27(13-18)25-20(15-29)11-17-8-4-7-16(2)24(17)26-25/h4-5,7-11,18-19,21,29H,3,6,12-15H2,1-2H3/t18-,19+,21-/m0/s1. The van der Waals surface area contributed by atoms with Crippen LogP contribution in [-0.2, 0) is 6.61 Å². The summed E-state index contributed by atoms with van der Waals surface area (Å²) in [6.45, 7) is 5.96. The first-order valence-electron chi connectivity index (χ1n) is 11.1. The highest BCUT2D eigenvalue weighted by molar-refractivity contribution is 5.84. The van der Waals surface area contributed by atoms with Crippen molar-refractivity contribution in [1.29, 1.82) is 0 Å². The van der Waals surface area contributed by atoms with E-state index in [2.05, 4.69) is 47.6 Å². The molecule has 1 aromatic carbocycles. The van der Waals surface area contributed by atoms with Crippen molar-refractivity contribution in [3.05, 3.63) is 69.6 Å². The maximum atomic E-state index is 12.7. The van der Waals surface area contributed by atoms with Gasteiger partial charge in [0.25, 0.3) is 5.56 Å². The van der Waals surface area contributed by atoms with Crippen LogP contribution < -0.4 is 10.5 Å². The zero-order valence-corrected chi connectivity index (χ0v) is 17.7. The van der Waals surface area contributed by atoms with Gasteiger partial charge in [0.2, 0.25) is 0 Å². The largest absolute Gasteiger partial charge is 0.392 e. The lowest BCUT2D eigenvalue weighted by molar-refractivity contribution is 0.200. The minimum Gasteiger partial charge on any atom is -0.392 e. The molecule has 5 rings (SSSR count). The van der Waals surface area contributed by atoms with Gasteiger partial charge in [-0.25, -0.2) is 4.98 Å². The molecule has 0 saturated carbocycles. The lowest BCUT2D eigenvalue weighted by Gasteiger charge is -2.47. The van der Waals surface area contributed by atoms with Crippen molar-refractivity contribution in [2.45, 2.75) is 51.7 Å². The Morgan fingerprint density at radius 2 is 2.00 bits per heavy atom. The summed E-state index contributed by atoms with van der Waals surface area (Å²) in [6.07, 6.45) is 3.19. The quantitative estimate of drug-likeness (QED) is 0.711. The van der Waals surface area contributed by atoms with Crippen molar-refractivity contribution in [1.82, 2.24) is 9.55 Å². The van der Waals surface area contributed by atoms with Crippen LogP contribution in [0.3, 0.4) is 0 Å². The van der Waals surface area contributed by atoms with Crippen LogP contribution in [0.1, 0.15) is 55.0 Å².